The maximum atomic E-state index is 12.4. The topological polar surface area (TPSA) is 162 Å². The fraction of sp³-hybridized carbons (Fsp3) is 0.188. The van der Waals surface area contributed by atoms with Crippen LogP contribution in [0.5, 0.6) is 0 Å². The average Bonchev–Trinajstić information content (AvgIpc) is 3.68. The Bertz CT molecular complexity index is 2030. The van der Waals surface area contributed by atoms with Crippen LogP contribution in [0.4, 0.5) is 16.2 Å². The smallest absolute Gasteiger partial charge is 0.322 e. The van der Waals surface area contributed by atoms with Crippen molar-refractivity contribution in [2.24, 2.45) is 4.99 Å². The molecule has 0 saturated carbocycles. The van der Waals surface area contributed by atoms with Gasteiger partial charge in [0.1, 0.15) is 15.8 Å². The third-order valence-electron chi connectivity index (χ3n) is 7.67. The Morgan fingerprint density at radius 1 is 0.872 bits per heavy atom. The number of urea groups is 1. The minimum Gasteiger partial charge on any atom is -1.00 e. The van der Waals surface area contributed by atoms with E-state index in [4.69, 9.17) is 0 Å². The average molecular weight is 781 g/mol. The van der Waals surface area contributed by atoms with Gasteiger partial charge in [-0.15, -0.1) is 0 Å². The normalized spacial score (nSPS) is 13.0. The van der Waals surface area contributed by atoms with Gasteiger partial charge in [-0.2, -0.15) is 15.2 Å². The van der Waals surface area contributed by atoms with Crippen LogP contribution in [-0.2, 0) is 30.7 Å². The number of carbonyl (C=O) groups is 1. The number of hydrogen-bond donors (Lipinski definition) is 4. The molecule has 4 aromatic heterocycles. The number of isocyanates is 1. The number of amides is 2. The van der Waals surface area contributed by atoms with E-state index in [0.717, 1.165) is 62.8 Å². The molecule has 2 aromatic carbocycles. The number of pyridine rings is 2. The fourth-order valence-corrected chi connectivity index (χ4v) is 6.48. The number of anilines is 1. The second-order valence-corrected chi connectivity index (χ2v) is 12.1. The number of aliphatic imine (C=N–C) groups is 1. The number of hydrogen-bond acceptors (Lipinski definition) is 7. The van der Waals surface area contributed by atoms with E-state index < -0.39 is 0 Å². The molecule has 2 aliphatic rings. The second kappa shape index (κ2) is 15.9. The molecule has 0 fully saturated rings. The van der Waals surface area contributed by atoms with Crippen LogP contribution in [-0.4, -0.2) is 60.5 Å². The van der Waals surface area contributed by atoms with Gasteiger partial charge in [-0.05, 0) is 79.2 Å². The van der Waals surface area contributed by atoms with Crippen molar-refractivity contribution >= 4 is 77.4 Å². The molecular weight excluding hydrogens is 752 g/mol. The van der Waals surface area contributed by atoms with Crippen LogP contribution >= 0.6 is 31.9 Å². The molecule has 0 aliphatic carbocycles. The highest BCUT2D eigenvalue weighted by molar-refractivity contribution is 9.10. The van der Waals surface area contributed by atoms with Crippen molar-refractivity contribution in [3.63, 3.8) is 0 Å². The van der Waals surface area contributed by atoms with Crippen molar-refractivity contribution in [3.8, 4) is 0 Å². The number of benzene rings is 2. The lowest BCUT2D eigenvalue weighted by atomic mass is 9.99. The molecule has 6 aromatic rings. The van der Waals surface area contributed by atoms with Crippen molar-refractivity contribution in [3.05, 3.63) is 105 Å². The molecule has 5 N–H and O–H groups in total. The van der Waals surface area contributed by atoms with E-state index in [1.165, 1.54) is 22.8 Å². The maximum Gasteiger partial charge on any atom is 0.322 e. The molecule has 0 bridgehead atoms. The number of rotatable bonds is 2. The van der Waals surface area contributed by atoms with E-state index in [0.29, 0.717) is 24.4 Å². The number of fused-ring (bicyclic) bond motifs is 6. The first-order valence-electron chi connectivity index (χ1n) is 14.6. The summed E-state index contributed by atoms with van der Waals surface area (Å²) >= 11 is 6.96. The monoisotopic (exact) mass is 778 g/mol. The van der Waals surface area contributed by atoms with Crippen LogP contribution in [0.3, 0.4) is 0 Å². The Labute approximate surface area is 292 Å². The van der Waals surface area contributed by atoms with Gasteiger partial charge in [0, 0.05) is 43.2 Å². The van der Waals surface area contributed by atoms with Crippen LogP contribution in [0.1, 0.15) is 22.3 Å². The molecule has 240 valence electrons. The first-order valence-corrected chi connectivity index (χ1v) is 16.2. The predicted molar refractivity (Wildman–Crippen MR) is 181 cm³/mol. The van der Waals surface area contributed by atoms with E-state index in [1.807, 2.05) is 60.9 Å². The van der Waals surface area contributed by atoms with Gasteiger partial charge < -0.3 is 27.9 Å². The fourth-order valence-electron chi connectivity index (χ4n) is 5.47. The summed E-state index contributed by atoms with van der Waals surface area (Å²) in [4.78, 5) is 36.0. The van der Waals surface area contributed by atoms with Crippen LogP contribution in [0.2, 0.25) is 0 Å². The summed E-state index contributed by atoms with van der Waals surface area (Å²) in [5.41, 5.74) is 7.98. The molecule has 0 spiro atoms. The van der Waals surface area contributed by atoms with Crippen LogP contribution in [0.25, 0.3) is 22.1 Å². The van der Waals surface area contributed by atoms with Crippen molar-refractivity contribution in [1.29, 1.82) is 0 Å². The van der Waals surface area contributed by atoms with Gasteiger partial charge >= 0.3 is 6.03 Å². The highest BCUT2D eigenvalue weighted by atomic mass is 79.9. The molecule has 0 radical (unpaired) electrons. The lowest BCUT2D eigenvalue weighted by Crippen LogP contribution is -3.00. The van der Waals surface area contributed by atoms with Gasteiger partial charge in [0.05, 0.1) is 23.0 Å². The number of aromatic nitrogens is 6. The van der Waals surface area contributed by atoms with Gasteiger partial charge in [-0.3, -0.25) is 10.2 Å². The van der Waals surface area contributed by atoms with Crippen molar-refractivity contribution in [1.82, 2.24) is 35.3 Å². The number of quaternary nitrogens is 1. The molecule has 2 amide bonds. The first kappa shape index (κ1) is 33.9. The minimum absolute atomic E-state index is 0. The molecule has 15 heteroatoms. The molecule has 2 aliphatic heterocycles. The van der Waals surface area contributed by atoms with E-state index in [9.17, 15) is 9.59 Å². The number of halogens is 3. The molecule has 0 atom stereocenters. The largest absolute Gasteiger partial charge is 1.00 e. The first-order chi connectivity index (χ1) is 22.5. The number of aromatic amines is 2. The number of nitrogens with two attached hydrogens (primary N) is 1. The van der Waals surface area contributed by atoms with Crippen LogP contribution < -0.4 is 23.0 Å². The number of para-hydroxylation sites is 2. The zero-order valence-electron chi connectivity index (χ0n) is 24.9. The number of nitrogens with zero attached hydrogens (tertiary/aromatic N) is 6. The Morgan fingerprint density at radius 2 is 1.47 bits per heavy atom. The summed E-state index contributed by atoms with van der Waals surface area (Å²) in [5.74, 6) is 0. The van der Waals surface area contributed by atoms with Gasteiger partial charge in [-0.25, -0.2) is 19.6 Å². The van der Waals surface area contributed by atoms with Crippen molar-refractivity contribution in [2.75, 3.05) is 18.4 Å². The minimum atomic E-state index is -0.0896. The standard InChI is InChI=1S/C16H14BrN5O.C9H9BrN4.C7H5NO.ClH/c17-14-13-12-6-7-22(9-10(12)8-18-15(13)21-20-14)16(23)19-11-4-2-1-3-5-11;10-8-7-6-1-2-11-3-5(6)4-12-9(7)14-13-8;9-6-8-7-4-2-1-3-5-7;/h1-5,8H,6-7,9H2,(H,19,23)(H,18,20,21);4,11H,1-3H2,(H,12,13,14);1-5H;1H. The quantitative estimate of drug-likeness (QED) is 0.156. The van der Waals surface area contributed by atoms with Gasteiger partial charge in [-0.1, -0.05) is 36.4 Å². The van der Waals surface area contributed by atoms with Gasteiger partial charge in [0.25, 0.3) is 0 Å². The SMILES string of the molecule is Brc1[nH]nc2ncc3c(c12)CC[NH2+]C3.O=C(Nc1ccccc1)N1CCc2c(cnc3n[nH]c(Br)c23)C1.O=C=Nc1ccccc1.[Cl-]. The summed E-state index contributed by atoms with van der Waals surface area (Å²) in [5, 5.41) is 21.5. The molecule has 8 rings (SSSR count). The van der Waals surface area contributed by atoms with E-state index in [1.54, 1.807) is 17.0 Å². The molecule has 0 unspecified atom stereocenters. The van der Waals surface area contributed by atoms with E-state index in [-0.39, 0.29) is 18.4 Å². The maximum absolute atomic E-state index is 12.4. The van der Waals surface area contributed by atoms with Crippen molar-refractivity contribution in [2.45, 2.75) is 25.9 Å². The van der Waals surface area contributed by atoms with E-state index in [2.05, 4.69) is 77.8 Å². The van der Waals surface area contributed by atoms with Gasteiger partial charge in [0.15, 0.2) is 11.3 Å². The summed E-state index contributed by atoms with van der Waals surface area (Å²) in [6.07, 6.45) is 7.11. The predicted octanol–water partition coefficient (Wildman–Crippen LogP) is 2.31. The third kappa shape index (κ3) is 7.92. The summed E-state index contributed by atoms with van der Waals surface area (Å²) in [7, 11) is 0. The Morgan fingerprint density at radius 3 is 2.11 bits per heavy atom. The summed E-state index contributed by atoms with van der Waals surface area (Å²) in [6.45, 7) is 3.41. The van der Waals surface area contributed by atoms with E-state index >= 15 is 0 Å². The lowest BCUT2D eigenvalue weighted by Gasteiger charge is -2.29. The molecule has 12 nitrogen and oxygen atoms in total. The van der Waals surface area contributed by atoms with Crippen molar-refractivity contribution < 1.29 is 27.3 Å². The highest BCUT2D eigenvalue weighted by Gasteiger charge is 2.24. The summed E-state index contributed by atoms with van der Waals surface area (Å²) in [6, 6.07) is 18.4. The Hall–Kier alpha value is -4.46. The van der Waals surface area contributed by atoms with Gasteiger partial charge in [0.2, 0.25) is 6.08 Å². The lowest BCUT2D eigenvalue weighted by molar-refractivity contribution is -0.673. The Kier molecular flexibility index (Phi) is 11.5. The van der Waals surface area contributed by atoms with Crippen LogP contribution in [0, 0.1) is 0 Å². The number of nitrogens with one attached hydrogen (secondary N) is 3. The van der Waals surface area contributed by atoms with Crippen LogP contribution in [0.15, 0.2) is 87.3 Å². The summed E-state index contributed by atoms with van der Waals surface area (Å²) < 4.78 is 1.80. The Balaban J connectivity index is 0.000000153. The zero-order chi connectivity index (χ0) is 31.9. The second-order valence-electron chi connectivity index (χ2n) is 10.5. The molecule has 0 saturated heterocycles. The highest BCUT2D eigenvalue weighted by Crippen LogP contribution is 2.30. The number of H-pyrrole nitrogens is 2. The molecule has 47 heavy (non-hydrogen) atoms. The zero-order valence-corrected chi connectivity index (χ0v) is 28.8. The third-order valence-corrected chi connectivity index (χ3v) is 8.82. The molecular formula is C32H29Br2ClN10O2. The molecule has 6 heterocycles. The number of carbonyl (C=O) groups excluding carboxylic acids is 2.